The molecule has 0 bridgehead atoms. The van der Waals surface area contributed by atoms with Crippen molar-refractivity contribution in [3.05, 3.63) is 96.3 Å². The van der Waals surface area contributed by atoms with Crippen molar-refractivity contribution in [1.82, 2.24) is 28.8 Å². The number of anilines is 2. The molecule has 0 atom stereocenters. The van der Waals surface area contributed by atoms with Crippen LogP contribution in [0.1, 0.15) is 10.5 Å². The molecule has 216 valence electrons. The first kappa shape index (κ1) is 26.5. The molecule has 3 aromatic carbocycles. The van der Waals surface area contributed by atoms with Crippen LogP contribution < -0.4 is 10.6 Å². The second-order valence-electron chi connectivity index (χ2n) is 10.5. The summed E-state index contributed by atoms with van der Waals surface area (Å²) in [4.78, 5) is 30.7. The van der Waals surface area contributed by atoms with E-state index in [1.165, 1.54) is 24.3 Å². The van der Waals surface area contributed by atoms with Gasteiger partial charge in [0.2, 0.25) is 0 Å². The van der Waals surface area contributed by atoms with Crippen LogP contribution in [0.25, 0.3) is 39.2 Å². The average Bonchev–Trinajstić information content (AvgIpc) is 3.62. The number of amides is 1. The van der Waals surface area contributed by atoms with Crippen molar-refractivity contribution in [3.8, 4) is 22.5 Å². The lowest BCUT2D eigenvalue weighted by Crippen LogP contribution is -2.49. The molecule has 2 N–H and O–H groups in total. The molecule has 6 aromatic rings. The Balaban J connectivity index is 1.28. The van der Waals surface area contributed by atoms with Gasteiger partial charge in [-0.05, 0) is 48.5 Å². The van der Waals surface area contributed by atoms with Gasteiger partial charge in [0, 0.05) is 56.6 Å². The number of piperazine rings is 1. The number of hydrogen-bond acceptors (Lipinski definition) is 6. The van der Waals surface area contributed by atoms with Crippen molar-refractivity contribution < 1.29 is 18.0 Å². The third-order valence-electron chi connectivity index (χ3n) is 7.79. The Morgan fingerprint density at radius 2 is 1.58 bits per heavy atom. The minimum atomic E-state index is -0.642. The molecule has 0 radical (unpaired) electrons. The highest BCUT2D eigenvalue weighted by Gasteiger charge is 2.27. The maximum Gasteiger partial charge on any atom is 0.274 e. The van der Waals surface area contributed by atoms with Gasteiger partial charge in [-0.25, -0.2) is 28.1 Å². The molecule has 1 aliphatic heterocycles. The zero-order valence-electron chi connectivity index (χ0n) is 23.0. The van der Waals surface area contributed by atoms with Crippen molar-refractivity contribution in [2.45, 2.75) is 0 Å². The van der Waals surface area contributed by atoms with E-state index in [0.717, 1.165) is 22.7 Å². The number of aryl methyl sites for hydroxylation is 1. The van der Waals surface area contributed by atoms with Crippen LogP contribution in [-0.4, -0.2) is 60.9 Å². The predicted octanol–water partition coefficient (Wildman–Crippen LogP) is 4.91. The Kier molecular flexibility index (Phi) is 6.26. The van der Waals surface area contributed by atoms with E-state index in [1.807, 2.05) is 29.8 Å². The molecule has 0 saturated carbocycles. The molecule has 43 heavy (non-hydrogen) atoms. The summed E-state index contributed by atoms with van der Waals surface area (Å²) in [6.07, 6.45) is 3.36. The summed E-state index contributed by atoms with van der Waals surface area (Å²) in [5.41, 5.74) is 11.4. The highest BCUT2D eigenvalue weighted by atomic mass is 19.1. The molecule has 0 unspecified atom stereocenters. The standard InChI is InChI=1S/C31H25F3N8O/c1-39-17-36-23-8-4-19(14-26(23)39)28-27(18-2-5-20(32)6-3-18)38-29(35)30-37-24(16-42(28)30)31(43)41-12-10-40(11-13-41)25-9-7-21(33)15-22(25)34/h2-9,14-17H,10-13H2,1H3,(H2,35,38). The first-order valence-corrected chi connectivity index (χ1v) is 13.6. The van der Waals surface area contributed by atoms with Crippen LogP contribution in [0.2, 0.25) is 0 Å². The van der Waals surface area contributed by atoms with E-state index in [0.29, 0.717) is 54.5 Å². The summed E-state index contributed by atoms with van der Waals surface area (Å²) < 4.78 is 45.2. The number of benzene rings is 3. The van der Waals surface area contributed by atoms with Gasteiger partial charge in [0.25, 0.3) is 5.91 Å². The molecule has 0 aliphatic carbocycles. The number of carbonyl (C=O) groups is 1. The largest absolute Gasteiger partial charge is 0.381 e. The second-order valence-corrected chi connectivity index (χ2v) is 10.5. The number of nitrogens with zero attached hydrogens (tertiary/aromatic N) is 7. The van der Waals surface area contributed by atoms with Crippen LogP contribution in [-0.2, 0) is 7.05 Å². The monoisotopic (exact) mass is 582 g/mol. The second kappa shape index (κ2) is 10.2. The van der Waals surface area contributed by atoms with Crippen molar-refractivity contribution in [2.24, 2.45) is 7.05 Å². The molecule has 3 aromatic heterocycles. The maximum absolute atomic E-state index is 14.3. The highest BCUT2D eigenvalue weighted by Crippen LogP contribution is 2.35. The van der Waals surface area contributed by atoms with Gasteiger partial charge in [-0.2, -0.15) is 0 Å². The maximum atomic E-state index is 14.3. The number of nitrogens with two attached hydrogens (primary N) is 1. The summed E-state index contributed by atoms with van der Waals surface area (Å²) in [6.45, 7) is 1.39. The van der Waals surface area contributed by atoms with Crippen LogP contribution in [0.5, 0.6) is 0 Å². The summed E-state index contributed by atoms with van der Waals surface area (Å²) in [5, 5.41) is 0. The van der Waals surface area contributed by atoms with Crippen molar-refractivity contribution >= 4 is 34.1 Å². The van der Waals surface area contributed by atoms with Gasteiger partial charge in [-0.3, -0.25) is 9.20 Å². The lowest BCUT2D eigenvalue weighted by molar-refractivity contribution is 0.0741. The van der Waals surface area contributed by atoms with Crippen LogP contribution in [0, 0.1) is 17.5 Å². The SMILES string of the molecule is Cn1cnc2ccc(-c3c(-c4ccc(F)cc4)nc(N)c4nc(C(=O)N5CCN(c6ccc(F)cc6F)CC5)cn34)cc21. The zero-order valence-corrected chi connectivity index (χ0v) is 23.0. The Bertz CT molecular complexity index is 2030. The molecular formula is C31H25F3N8O. The number of halogens is 3. The number of rotatable bonds is 4. The van der Waals surface area contributed by atoms with Gasteiger partial charge in [0.15, 0.2) is 11.5 Å². The Morgan fingerprint density at radius 3 is 2.33 bits per heavy atom. The van der Waals surface area contributed by atoms with Gasteiger partial charge in [-0.15, -0.1) is 0 Å². The molecule has 1 amide bonds. The average molecular weight is 583 g/mol. The molecule has 1 saturated heterocycles. The molecule has 12 heteroatoms. The smallest absolute Gasteiger partial charge is 0.274 e. The Morgan fingerprint density at radius 1 is 0.860 bits per heavy atom. The van der Waals surface area contributed by atoms with Crippen molar-refractivity contribution in [1.29, 1.82) is 0 Å². The third kappa shape index (κ3) is 4.60. The fraction of sp³-hybridized carbons (Fsp3) is 0.161. The molecule has 7 rings (SSSR count). The summed E-state index contributed by atoms with van der Waals surface area (Å²) in [7, 11) is 1.90. The number of fused-ring (bicyclic) bond motifs is 2. The normalized spacial score (nSPS) is 13.8. The number of aromatic nitrogens is 5. The predicted molar refractivity (Wildman–Crippen MR) is 157 cm³/mol. The van der Waals surface area contributed by atoms with E-state index in [4.69, 9.17) is 5.73 Å². The number of imidazole rings is 2. The first-order valence-electron chi connectivity index (χ1n) is 13.6. The van der Waals surface area contributed by atoms with Crippen LogP contribution >= 0.6 is 0 Å². The van der Waals surface area contributed by atoms with Crippen LogP contribution in [0.15, 0.2) is 73.2 Å². The van der Waals surface area contributed by atoms with E-state index in [9.17, 15) is 18.0 Å². The summed E-state index contributed by atoms with van der Waals surface area (Å²) in [6, 6.07) is 15.2. The van der Waals surface area contributed by atoms with Gasteiger partial charge in [-0.1, -0.05) is 6.07 Å². The highest BCUT2D eigenvalue weighted by molar-refractivity contribution is 5.95. The number of carbonyl (C=O) groups excluding carboxylic acids is 1. The lowest BCUT2D eigenvalue weighted by atomic mass is 10.0. The summed E-state index contributed by atoms with van der Waals surface area (Å²) in [5.74, 6) is -1.86. The fourth-order valence-electron chi connectivity index (χ4n) is 5.58. The van der Waals surface area contributed by atoms with Gasteiger partial charge >= 0.3 is 0 Å². The van der Waals surface area contributed by atoms with E-state index < -0.39 is 11.6 Å². The van der Waals surface area contributed by atoms with Crippen molar-refractivity contribution in [3.63, 3.8) is 0 Å². The molecule has 0 spiro atoms. The van der Waals surface area contributed by atoms with E-state index in [-0.39, 0.29) is 23.2 Å². The first-order chi connectivity index (χ1) is 20.8. The minimum absolute atomic E-state index is 0.111. The van der Waals surface area contributed by atoms with Gasteiger partial charge < -0.3 is 20.1 Å². The van der Waals surface area contributed by atoms with Gasteiger partial charge in [0.05, 0.1) is 34.4 Å². The molecule has 1 aliphatic rings. The fourth-order valence-corrected chi connectivity index (χ4v) is 5.58. The van der Waals surface area contributed by atoms with Gasteiger partial charge in [0.1, 0.15) is 23.1 Å². The van der Waals surface area contributed by atoms with E-state index in [1.54, 1.807) is 38.9 Å². The quantitative estimate of drug-likeness (QED) is 0.317. The van der Waals surface area contributed by atoms with Crippen LogP contribution in [0.3, 0.4) is 0 Å². The Labute approximate surface area is 243 Å². The van der Waals surface area contributed by atoms with E-state index in [2.05, 4.69) is 15.0 Å². The number of hydrogen-bond donors (Lipinski definition) is 1. The number of nitrogen functional groups attached to an aromatic ring is 1. The molecule has 9 nitrogen and oxygen atoms in total. The molecule has 4 heterocycles. The zero-order chi connectivity index (χ0) is 29.8. The van der Waals surface area contributed by atoms with Crippen LogP contribution in [0.4, 0.5) is 24.7 Å². The third-order valence-corrected chi connectivity index (χ3v) is 7.79. The van der Waals surface area contributed by atoms with E-state index >= 15 is 0 Å². The lowest BCUT2D eigenvalue weighted by Gasteiger charge is -2.35. The summed E-state index contributed by atoms with van der Waals surface area (Å²) >= 11 is 0. The van der Waals surface area contributed by atoms with Crippen molar-refractivity contribution in [2.75, 3.05) is 36.8 Å². The topological polar surface area (TPSA) is 97.6 Å². The Hall–Kier alpha value is -5.39. The molecular weight excluding hydrogens is 557 g/mol. The minimum Gasteiger partial charge on any atom is -0.381 e. The molecule has 1 fully saturated rings.